The van der Waals surface area contributed by atoms with Crippen LogP contribution in [0.25, 0.3) is 0 Å². The second kappa shape index (κ2) is 3.61. The fourth-order valence-corrected chi connectivity index (χ4v) is 1.53. The first-order valence-electron chi connectivity index (χ1n) is 2.78. The topological polar surface area (TPSA) is 22.1 Å². The van der Waals surface area contributed by atoms with Crippen LogP contribution in [0, 0.1) is 0 Å². The zero-order chi connectivity index (χ0) is 9.19. The standard InChI is InChI=1S/C5H3BrF3NOS/c6-4-10-1-3(12-4)11-2-5(7,8)9/h1H,2H2. The van der Waals surface area contributed by atoms with E-state index in [2.05, 4.69) is 25.7 Å². The quantitative estimate of drug-likeness (QED) is 0.817. The van der Waals surface area contributed by atoms with E-state index in [9.17, 15) is 13.2 Å². The van der Waals surface area contributed by atoms with E-state index < -0.39 is 12.8 Å². The summed E-state index contributed by atoms with van der Waals surface area (Å²) in [7, 11) is 0. The third-order valence-electron chi connectivity index (χ3n) is 0.834. The van der Waals surface area contributed by atoms with E-state index in [1.54, 1.807) is 0 Å². The molecule has 1 aromatic heterocycles. The molecular formula is C5H3BrF3NOS. The molecule has 0 amide bonds. The predicted molar refractivity (Wildman–Crippen MR) is 41.4 cm³/mol. The van der Waals surface area contributed by atoms with Gasteiger partial charge in [-0.1, -0.05) is 11.3 Å². The molecule has 0 spiro atoms. The minimum absolute atomic E-state index is 0.152. The first kappa shape index (κ1) is 9.79. The molecule has 1 heterocycles. The van der Waals surface area contributed by atoms with Crippen LogP contribution in [0.15, 0.2) is 10.1 Å². The maximum atomic E-state index is 11.6. The highest BCUT2D eigenvalue weighted by atomic mass is 79.9. The lowest BCUT2D eigenvalue weighted by Gasteiger charge is -2.05. The summed E-state index contributed by atoms with van der Waals surface area (Å²) < 4.78 is 39.7. The molecule has 0 fully saturated rings. The van der Waals surface area contributed by atoms with Gasteiger partial charge in [0.05, 0.1) is 6.20 Å². The molecule has 68 valence electrons. The highest BCUT2D eigenvalue weighted by Gasteiger charge is 2.28. The fourth-order valence-electron chi connectivity index (χ4n) is 0.459. The average molecular weight is 262 g/mol. The third kappa shape index (κ3) is 3.40. The van der Waals surface area contributed by atoms with Crippen LogP contribution in [-0.2, 0) is 0 Å². The molecule has 2 nitrogen and oxygen atoms in total. The summed E-state index contributed by atoms with van der Waals surface area (Å²) >= 11 is 4.01. The van der Waals surface area contributed by atoms with Crippen LogP contribution in [0.4, 0.5) is 13.2 Å². The lowest BCUT2D eigenvalue weighted by molar-refractivity contribution is -0.152. The minimum Gasteiger partial charge on any atom is -0.473 e. The molecule has 0 saturated heterocycles. The number of thiazole rings is 1. The van der Waals surface area contributed by atoms with E-state index in [1.165, 1.54) is 6.20 Å². The van der Waals surface area contributed by atoms with E-state index in [4.69, 9.17) is 0 Å². The van der Waals surface area contributed by atoms with Gasteiger partial charge in [-0.25, -0.2) is 4.98 Å². The van der Waals surface area contributed by atoms with Crippen molar-refractivity contribution >= 4 is 27.3 Å². The maximum Gasteiger partial charge on any atom is 0.422 e. The Morgan fingerprint density at radius 1 is 1.58 bits per heavy atom. The van der Waals surface area contributed by atoms with Gasteiger partial charge in [-0.2, -0.15) is 13.2 Å². The van der Waals surface area contributed by atoms with Gasteiger partial charge in [0, 0.05) is 0 Å². The van der Waals surface area contributed by atoms with Crippen molar-refractivity contribution in [3.05, 3.63) is 10.1 Å². The second-order valence-corrected chi connectivity index (χ2v) is 4.11. The molecule has 0 radical (unpaired) electrons. The molecule has 12 heavy (non-hydrogen) atoms. The molecule has 0 bridgehead atoms. The van der Waals surface area contributed by atoms with Crippen molar-refractivity contribution < 1.29 is 17.9 Å². The van der Waals surface area contributed by atoms with Crippen molar-refractivity contribution in [1.82, 2.24) is 4.98 Å². The number of hydrogen-bond donors (Lipinski definition) is 0. The number of halogens is 4. The predicted octanol–water partition coefficient (Wildman–Crippen LogP) is 2.85. The number of hydrogen-bond acceptors (Lipinski definition) is 3. The highest BCUT2D eigenvalue weighted by Crippen LogP contribution is 2.27. The second-order valence-electron chi connectivity index (χ2n) is 1.84. The Kier molecular flexibility index (Phi) is 2.94. The van der Waals surface area contributed by atoms with Crippen LogP contribution in [0.2, 0.25) is 0 Å². The smallest absolute Gasteiger partial charge is 0.422 e. The van der Waals surface area contributed by atoms with Crippen molar-refractivity contribution in [2.24, 2.45) is 0 Å². The van der Waals surface area contributed by atoms with Crippen LogP contribution in [0.1, 0.15) is 0 Å². The van der Waals surface area contributed by atoms with Gasteiger partial charge in [0.1, 0.15) is 0 Å². The molecule has 1 aromatic rings. The van der Waals surface area contributed by atoms with E-state index in [-0.39, 0.29) is 5.06 Å². The van der Waals surface area contributed by atoms with Gasteiger partial charge in [0.15, 0.2) is 15.6 Å². The fraction of sp³-hybridized carbons (Fsp3) is 0.400. The Bertz CT molecular complexity index is 261. The number of alkyl halides is 3. The Morgan fingerprint density at radius 2 is 2.25 bits per heavy atom. The summed E-state index contributed by atoms with van der Waals surface area (Å²) in [6, 6.07) is 0. The number of ether oxygens (including phenoxy) is 1. The summed E-state index contributed by atoms with van der Waals surface area (Å²) in [6.45, 7) is -1.28. The highest BCUT2D eigenvalue weighted by molar-refractivity contribution is 9.11. The van der Waals surface area contributed by atoms with Crippen LogP contribution in [0.5, 0.6) is 5.06 Å². The monoisotopic (exact) mass is 261 g/mol. The van der Waals surface area contributed by atoms with E-state index in [1.807, 2.05) is 0 Å². The zero-order valence-corrected chi connectivity index (χ0v) is 7.96. The maximum absolute atomic E-state index is 11.6. The number of rotatable bonds is 2. The lowest BCUT2D eigenvalue weighted by atomic mass is 10.7. The van der Waals surface area contributed by atoms with E-state index >= 15 is 0 Å². The summed E-state index contributed by atoms with van der Waals surface area (Å²) in [5, 5.41) is 0.152. The molecule has 0 N–H and O–H groups in total. The first-order chi connectivity index (χ1) is 5.47. The van der Waals surface area contributed by atoms with Crippen molar-refractivity contribution in [3.8, 4) is 5.06 Å². The molecule has 1 rings (SSSR count). The van der Waals surface area contributed by atoms with Crippen LogP contribution < -0.4 is 4.74 Å². The van der Waals surface area contributed by atoms with Crippen molar-refractivity contribution in [2.75, 3.05) is 6.61 Å². The molecule has 0 aromatic carbocycles. The van der Waals surface area contributed by atoms with Crippen LogP contribution in [-0.4, -0.2) is 17.8 Å². The average Bonchev–Trinajstić information content (AvgIpc) is 2.30. The summed E-state index contributed by atoms with van der Waals surface area (Å²) in [6.07, 6.45) is -3.06. The summed E-state index contributed by atoms with van der Waals surface area (Å²) in [5.41, 5.74) is 0. The van der Waals surface area contributed by atoms with Crippen molar-refractivity contribution in [2.45, 2.75) is 6.18 Å². The van der Waals surface area contributed by atoms with Crippen LogP contribution >= 0.6 is 27.3 Å². The van der Waals surface area contributed by atoms with E-state index in [0.717, 1.165) is 11.3 Å². The zero-order valence-electron chi connectivity index (χ0n) is 5.56. The SMILES string of the molecule is FC(F)(F)COc1cnc(Br)s1. The van der Waals surface area contributed by atoms with Gasteiger partial charge in [0.2, 0.25) is 0 Å². The van der Waals surface area contributed by atoms with Gasteiger partial charge in [-0.3, -0.25) is 0 Å². The summed E-state index contributed by atoms with van der Waals surface area (Å²) in [4.78, 5) is 3.66. The van der Waals surface area contributed by atoms with Gasteiger partial charge in [-0.15, -0.1) is 0 Å². The first-order valence-corrected chi connectivity index (χ1v) is 4.39. The Hall–Kier alpha value is -0.300. The van der Waals surface area contributed by atoms with Gasteiger partial charge < -0.3 is 4.74 Å². The van der Waals surface area contributed by atoms with Gasteiger partial charge >= 0.3 is 6.18 Å². The molecule has 0 unspecified atom stereocenters. The summed E-state index contributed by atoms with van der Waals surface area (Å²) in [5.74, 6) is 0. The Balaban J connectivity index is 2.44. The molecule has 0 aliphatic carbocycles. The lowest BCUT2D eigenvalue weighted by Crippen LogP contribution is -2.18. The Labute approximate surface area is 78.5 Å². The molecule has 0 aliphatic rings. The largest absolute Gasteiger partial charge is 0.473 e. The third-order valence-corrected chi connectivity index (χ3v) is 2.22. The molecular weight excluding hydrogens is 259 g/mol. The molecule has 0 atom stereocenters. The molecule has 0 aliphatic heterocycles. The normalized spacial score (nSPS) is 11.7. The Morgan fingerprint density at radius 3 is 2.67 bits per heavy atom. The van der Waals surface area contributed by atoms with Gasteiger partial charge in [0.25, 0.3) is 0 Å². The van der Waals surface area contributed by atoms with Gasteiger partial charge in [-0.05, 0) is 15.9 Å². The number of nitrogens with zero attached hydrogens (tertiary/aromatic N) is 1. The van der Waals surface area contributed by atoms with Crippen molar-refractivity contribution in [3.63, 3.8) is 0 Å². The van der Waals surface area contributed by atoms with Crippen molar-refractivity contribution in [1.29, 1.82) is 0 Å². The minimum atomic E-state index is -4.30. The van der Waals surface area contributed by atoms with Crippen LogP contribution in [0.3, 0.4) is 0 Å². The van der Waals surface area contributed by atoms with E-state index in [0.29, 0.717) is 3.92 Å². The number of aromatic nitrogens is 1. The molecule has 0 saturated carbocycles. The molecule has 7 heteroatoms.